The van der Waals surface area contributed by atoms with E-state index in [4.69, 9.17) is 32.7 Å². The topological polar surface area (TPSA) is 90.7 Å². The molecule has 3 unspecified atom stereocenters. The fourth-order valence-electron chi connectivity index (χ4n) is 2.38. The summed E-state index contributed by atoms with van der Waals surface area (Å²) in [4.78, 5) is 21.7. The second kappa shape index (κ2) is 6.24. The molecule has 0 radical (unpaired) electrons. The summed E-state index contributed by atoms with van der Waals surface area (Å²) in [5.41, 5.74) is -0.611. The average Bonchev–Trinajstić information content (AvgIpc) is 2.42. The van der Waals surface area contributed by atoms with Gasteiger partial charge in [0.05, 0.1) is 4.92 Å². The minimum Gasteiger partial charge on any atom is -0.345 e. The van der Waals surface area contributed by atoms with Crippen LogP contribution >= 0.6 is 23.2 Å². The Hall–Kier alpha value is -1.41. The Balaban J connectivity index is 2.46. The van der Waals surface area contributed by atoms with Gasteiger partial charge in [0, 0.05) is 24.6 Å². The molecule has 1 amide bonds. The number of carbonyl (C=O) groups excluding carboxylic acids is 1. The maximum absolute atomic E-state index is 11.5. The number of carbonyl (C=O) groups is 1. The van der Waals surface area contributed by atoms with E-state index in [-0.39, 0.29) is 11.6 Å². The Labute approximate surface area is 143 Å². The van der Waals surface area contributed by atoms with E-state index in [0.29, 0.717) is 5.56 Å². The first-order valence-electron chi connectivity index (χ1n) is 6.78. The fraction of sp³-hybridized carbons (Fsp3) is 0.500. The number of nitrogens with one attached hydrogen (secondary N) is 1. The SMILES string of the molecule is CC(=O)NC1C(Cl)OC(C)(C)OC1(Cl)c1ccc([N+](=O)[O-])cc1. The van der Waals surface area contributed by atoms with E-state index in [1.54, 1.807) is 13.8 Å². The molecule has 0 aromatic heterocycles. The number of benzene rings is 1. The van der Waals surface area contributed by atoms with Crippen molar-refractivity contribution in [3.05, 3.63) is 39.9 Å². The predicted molar refractivity (Wildman–Crippen MR) is 84.1 cm³/mol. The molecule has 2 rings (SSSR count). The van der Waals surface area contributed by atoms with Crippen molar-refractivity contribution in [3.63, 3.8) is 0 Å². The normalized spacial score (nSPS) is 29.8. The lowest BCUT2D eigenvalue weighted by atomic mass is 9.99. The molecule has 126 valence electrons. The van der Waals surface area contributed by atoms with Crippen molar-refractivity contribution in [1.82, 2.24) is 5.32 Å². The molecule has 1 fully saturated rings. The van der Waals surface area contributed by atoms with Crippen molar-refractivity contribution in [1.29, 1.82) is 0 Å². The standard InChI is InChI=1S/C14H16Cl2N2O5/c1-8(19)17-11-12(15)22-13(2,3)23-14(11,16)9-4-6-10(7-5-9)18(20)21/h4-7,11-12H,1-3H3,(H,17,19). The maximum Gasteiger partial charge on any atom is 0.269 e. The van der Waals surface area contributed by atoms with Crippen LogP contribution in [0.3, 0.4) is 0 Å². The number of nitro benzene ring substituents is 1. The molecule has 1 aromatic rings. The highest BCUT2D eigenvalue weighted by molar-refractivity contribution is 6.26. The average molecular weight is 363 g/mol. The zero-order valence-electron chi connectivity index (χ0n) is 12.7. The summed E-state index contributed by atoms with van der Waals surface area (Å²) < 4.78 is 11.3. The molecular formula is C14H16Cl2N2O5. The van der Waals surface area contributed by atoms with E-state index in [1.165, 1.54) is 31.2 Å². The summed E-state index contributed by atoms with van der Waals surface area (Å²) in [6, 6.07) is 4.65. The zero-order chi connectivity index (χ0) is 17.4. The maximum atomic E-state index is 11.5. The second-order valence-electron chi connectivity index (χ2n) is 5.60. The van der Waals surface area contributed by atoms with Crippen molar-refractivity contribution in [2.24, 2.45) is 0 Å². The van der Waals surface area contributed by atoms with E-state index in [9.17, 15) is 14.9 Å². The summed E-state index contributed by atoms with van der Waals surface area (Å²) >= 11 is 12.9. The highest BCUT2D eigenvalue weighted by Gasteiger charge is 2.54. The first-order chi connectivity index (χ1) is 10.5. The number of non-ortho nitro benzene ring substituents is 1. The second-order valence-corrected chi connectivity index (χ2v) is 6.59. The molecule has 0 spiro atoms. The first-order valence-corrected chi connectivity index (χ1v) is 7.59. The molecule has 1 saturated heterocycles. The van der Waals surface area contributed by atoms with E-state index >= 15 is 0 Å². The Kier molecular flexibility index (Phi) is 4.86. The van der Waals surface area contributed by atoms with Crippen LogP contribution in [0.25, 0.3) is 0 Å². The molecule has 1 N–H and O–H groups in total. The van der Waals surface area contributed by atoms with Crippen LogP contribution in [0.2, 0.25) is 0 Å². The number of alkyl halides is 2. The minimum atomic E-state index is -1.53. The first kappa shape index (κ1) is 17.9. The summed E-state index contributed by atoms with van der Waals surface area (Å²) in [6.45, 7) is 4.58. The van der Waals surface area contributed by atoms with E-state index in [1.807, 2.05) is 0 Å². The van der Waals surface area contributed by atoms with Crippen molar-refractivity contribution in [2.45, 2.75) is 43.2 Å². The number of ether oxygens (including phenoxy) is 2. The number of hydrogen-bond acceptors (Lipinski definition) is 5. The van der Waals surface area contributed by atoms with Gasteiger partial charge in [-0.2, -0.15) is 0 Å². The monoisotopic (exact) mass is 362 g/mol. The summed E-state index contributed by atoms with van der Waals surface area (Å²) in [5, 5.41) is 11.9. The molecule has 0 bridgehead atoms. The Morgan fingerprint density at radius 1 is 1.35 bits per heavy atom. The van der Waals surface area contributed by atoms with Gasteiger partial charge in [-0.1, -0.05) is 23.2 Å². The van der Waals surface area contributed by atoms with E-state index in [2.05, 4.69) is 5.32 Å². The minimum absolute atomic E-state index is 0.0844. The van der Waals surface area contributed by atoms with Crippen LogP contribution < -0.4 is 5.32 Å². The van der Waals surface area contributed by atoms with Crippen molar-refractivity contribution in [3.8, 4) is 0 Å². The number of nitro groups is 1. The van der Waals surface area contributed by atoms with Gasteiger partial charge in [0.2, 0.25) is 5.91 Å². The molecule has 0 aliphatic carbocycles. The lowest BCUT2D eigenvalue weighted by molar-refractivity contribution is -0.384. The molecule has 0 saturated carbocycles. The molecule has 1 aromatic carbocycles. The number of halogens is 2. The van der Waals surface area contributed by atoms with E-state index < -0.39 is 27.4 Å². The molecule has 23 heavy (non-hydrogen) atoms. The summed E-state index contributed by atoms with van der Waals surface area (Å²) in [5.74, 6) is -1.47. The molecule has 1 aliphatic heterocycles. The van der Waals surface area contributed by atoms with Gasteiger partial charge in [-0.15, -0.1) is 0 Å². The highest BCUT2D eigenvalue weighted by atomic mass is 35.5. The van der Waals surface area contributed by atoms with Crippen molar-refractivity contribution < 1.29 is 19.2 Å². The van der Waals surface area contributed by atoms with Crippen LogP contribution in [0, 0.1) is 10.1 Å². The van der Waals surface area contributed by atoms with Crippen LogP contribution in [-0.4, -0.2) is 28.2 Å². The van der Waals surface area contributed by atoms with Gasteiger partial charge in [0.25, 0.3) is 5.69 Å². The molecule has 1 aliphatic rings. The molecule has 1 heterocycles. The lowest BCUT2D eigenvalue weighted by Crippen LogP contribution is -2.62. The van der Waals surface area contributed by atoms with Gasteiger partial charge in [-0.3, -0.25) is 14.9 Å². The van der Waals surface area contributed by atoms with Gasteiger partial charge in [0.1, 0.15) is 6.04 Å². The van der Waals surface area contributed by atoms with E-state index in [0.717, 1.165) is 0 Å². The number of hydrogen-bond donors (Lipinski definition) is 1. The van der Waals surface area contributed by atoms with Gasteiger partial charge in [-0.25, -0.2) is 0 Å². The molecule has 3 atom stereocenters. The van der Waals surface area contributed by atoms with Crippen molar-refractivity contribution in [2.75, 3.05) is 0 Å². The number of rotatable bonds is 3. The van der Waals surface area contributed by atoms with Crippen LogP contribution in [-0.2, 0) is 19.3 Å². The highest BCUT2D eigenvalue weighted by Crippen LogP contribution is 2.45. The Morgan fingerprint density at radius 3 is 2.39 bits per heavy atom. The zero-order valence-corrected chi connectivity index (χ0v) is 14.2. The fourth-order valence-corrected chi connectivity index (χ4v) is 3.38. The van der Waals surface area contributed by atoms with Crippen LogP contribution in [0.4, 0.5) is 5.69 Å². The van der Waals surface area contributed by atoms with Gasteiger partial charge in [0.15, 0.2) is 16.4 Å². The third kappa shape index (κ3) is 3.74. The predicted octanol–water partition coefficient (Wildman–Crippen LogP) is 2.84. The quantitative estimate of drug-likeness (QED) is 0.507. The largest absolute Gasteiger partial charge is 0.345 e. The van der Waals surface area contributed by atoms with Gasteiger partial charge in [-0.05, 0) is 26.0 Å². The van der Waals surface area contributed by atoms with Crippen LogP contribution in [0.5, 0.6) is 0 Å². The summed E-state index contributed by atoms with van der Waals surface area (Å²) in [6.07, 6.45) is 0. The molecule has 7 nitrogen and oxygen atoms in total. The third-order valence-electron chi connectivity index (χ3n) is 3.28. The van der Waals surface area contributed by atoms with Crippen LogP contribution in [0.15, 0.2) is 24.3 Å². The van der Waals surface area contributed by atoms with Gasteiger partial charge >= 0.3 is 0 Å². The Morgan fingerprint density at radius 2 is 1.91 bits per heavy atom. The molecule has 9 heteroatoms. The summed E-state index contributed by atoms with van der Waals surface area (Å²) in [7, 11) is 0. The lowest BCUT2D eigenvalue weighted by Gasteiger charge is -2.48. The Bertz CT molecular complexity index is 622. The molecular weight excluding hydrogens is 347 g/mol. The third-order valence-corrected chi connectivity index (χ3v) is 4.15. The van der Waals surface area contributed by atoms with Crippen molar-refractivity contribution >= 4 is 34.8 Å². The van der Waals surface area contributed by atoms with Crippen LogP contribution in [0.1, 0.15) is 26.3 Å². The number of nitrogens with zero attached hydrogens (tertiary/aromatic N) is 1. The van der Waals surface area contributed by atoms with Gasteiger partial charge < -0.3 is 14.8 Å². The smallest absolute Gasteiger partial charge is 0.269 e. The number of amides is 1.